The molecule has 4 rings (SSSR count). The Morgan fingerprint density at radius 2 is 1.66 bits per heavy atom. The summed E-state index contributed by atoms with van der Waals surface area (Å²) in [6.07, 6.45) is 3.03. The highest BCUT2D eigenvalue weighted by atomic mass is 16.5. The van der Waals surface area contributed by atoms with Gasteiger partial charge >= 0.3 is 0 Å². The molecule has 0 saturated heterocycles. The Morgan fingerprint density at radius 1 is 0.943 bits per heavy atom. The maximum Gasteiger partial charge on any atom is 0.222 e. The van der Waals surface area contributed by atoms with E-state index in [0.29, 0.717) is 31.5 Å². The summed E-state index contributed by atoms with van der Waals surface area (Å²) < 4.78 is 7.51. The Hall–Kier alpha value is -3.93. The lowest BCUT2D eigenvalue weighted by Crippen LogP contribution is -2.30. The largest absolute Gasteiger partial charge is 0.497 e. The number of imidazole rings is 1. The standard InChI is InChI=1S/C29H31N3O3/c1-5-31(6-2)28(34)17-15-26-29(23-8-7-9-25(18-23)35-4)30-27-16-14-24(19-32(26)27)22-12-10-21(11-13-22)20(3)33/h7-14,16,18-19H,5-6,15,17H2,1-4H3. The average Bonchev–Trinajstić information content (AvgIpc) is 3.26. The van der Waals surface area contributed by atoms with Crippen molar-refractivity contribution in [1.82, 2.24) is 14.3 Å². The number of methoxy groups -OCH3 is 1. The van der Waals surface area contributed by atoms with E-state index in [1.54, 1.807) is 14.0 Å². The first kappa shape index (κ1) is 24.2. The lowest BCUT2D eigenvalue weighted by Gasteiger charge is -2.18. The second kappa shape index (κ2) is 10.6. The number of hydrogen-bond acceptors (Lipinski definition) is 4. The molecule has 0 spiro atoms. The summed E-state index contributed by atoms with van der Waals surface area (Å²) >= 11 is 0. The maximum atomic E-state index is 12.8. The van der Waals surface area contributed by atoms with Gasteiger partial charge in [0, 0.05) is 36.8 Å². The van der Waals surface area contributed by atoms with Gasteiger partial charge < -0.3 is 14.0 Å². The number of carbonyl (C=O) groups is 2. The van der Waals surface area contributed by atoms with E-state index < -0.39 is 0 Å². The summed E-state index contributed by atoms with van der Waals surface area (Å²) in [5, 5.41) is 0. The number of aryl methyl sites for hydroxylation is 1. The Bertz CT molecular complexity index is 1350. The minimum atomic E-state index is 0.0460. The molecule has 6 heteroatoms. The second-order valence-corrected chi connectivity index (χ2v) is 8.48. The smallest absolute Gasteiger partial charge is 0.222 e. The Kier molecular flexibility index (Phi) is 7.30. The van der Waals surface area contributed by atoms with Gasteiger partial charge in [0.05, 0.1) is 18.5 Å². The van der Waals surface area contributed by atoms with E-state index in [1.165, 1.54) is 0 Å². The minimum absolute atomic E-state index is 0.0460. The first-order chi connectivity index (χ1) is 16.9. The summed E-state index contributed by atoms with van der Waals surface area (Å²) in [4.78, 5) is 31.3. The lowest BCUT2D eigenvalue weighted by molar-refractivity contribution is -0.130. The normalized spacial score (nSPS) is 11.0. The van der Waals surface area contributed by atoms with Gasteiger partial charge in [-0.1, -0.05) is 36.4 Å². The van der Waals surface area contributed by atoms with Crippen LogP contribution < -0.4 is 4.74 Å². The van der Waals surface area contributed by atoms with Crippen LogP contribution in [-0.4, -0.2) is 46.2 Å². The van der Waals surface area contributed by atoms with Gasteiger partial charge in [-0.05, 0) is 62.6 Å². The number of aromatic nitrogens is 2. The number of carbonyl (C=O) groups excluding carboxylic acids is 2. The molecule has 6 nitrogen and oxygen atoms in total. The van der Waals surface area contributed by atoms with Gasteiger partial charge in [-0.15, -0.1) is 0 Å². The first-order valence-corrected chi connectivity index (χ1v) is 12.0. The number of ketones is 1. The molecule has 0 fully saturated rings. The van der Waals surface area contributed by atoms with Gasteiger partial charge in [0.2, 0.25) is 5.91 Å². The van der Waals surface area contributed by atoms with Gasteiger partial charge in [-0.2, -0.15) is 0 Å². The fraction of sp³-hybridized carbons (Fsp3) is 0.276. The van der Waals surface area contributed by atoms with Crippen LogP contribution in [0.25, 0.3) is 28.0 Å². The predicted octanol–water partition coefficient (Wildman–Crippen LogP) is 5.68. The highest BCUT2D eigenvalue weighted by Crippen LogP contribution is 2.30. The van der Waals surface area contributed by atoms with E-state index in [-0.39, 0.29) is 11.7 Å². The molecule has 0 unspecified atom stereocenters. The number of hydrogen-bond donors (Lipinski definition) is 0. The van der Waals surface area contributed by atoms with Gasteiger partial charge in [-0.25, -0.2) is 4.98 Å². The average molecular weight is 470 g/mol. The summed E-state index contributed by atoms with van der Waals surface area (Å²) in [6.45, 7) is 6.97. The van der Waals surface area contributed by atoms with Crippen molar-refractivity contribution in [2.75, 3.05) is 20.2 Å². The number of benzene rings is 2. The third kappa shape index (κ3) is 5.11. The number of pyridine rings is 1. The van der Waals surface area contributed by atoms with Gasteiger partial charge in [-0.3, -0.25) is 9.59 Å². The van der Waals surface area contributed by atoms with E-state index in [2.05, 4.69) is 10.6 Å². The zero-order valence-electron chi connectivity index (χ0n) is 20.7. The van der Waals surface area contributed by atoms with Crippen LogP contribution in [0.4, 0.5) is 0 Å². The molecule has 0 radical (unpaired) electrons. The molecule has 1 amide bonds. The van der Waals surface area contributed by atoms with Crippen LogP contribution in [0.3, 0.4) is 0 Å². The molecule has 0 aliphatic heterocycles. The van der Waals surface area contributed by atoms with Crippen LogP contribution in [0.1, 0.15) is 43.2 Å². The summed E-state index contributed by atoms with van der Waals surface area (Å²) in [5.41, 5.74) is 6.31. The molecule has 2 heterocycles. The van der Waals surface area contributed by atoms with E-state index in [4.69, 9.17) is 9.72 Å². The van der Waals surface area contributed by atoms with E-state index in [0.717, 1.165) is 39.5 Å². The molecule has 0 saturated carbocycles. The number of rotatable bonds is 9. The molecule has 0 N–H and O–H groups in total. The van der Waals surface area contributed by atoms with Crippen LogP contribution in [-0.2, 0) is 11.2 Å². The van der Waals surface area contributed by atoms with Crippen LogP contribution in [0.5, 0.6) is 5.75 Å². The van der Waals surface area contributed by atoms with Crippen molar-refractivity contribution < 1.29 is 14.3 Å². The number of fused-ring (bicyclic) bond motifs is 1. The van der Waals surface area contributed by atoms with Crippen molar-refractivity contribution in [3.8, 4) is 28.1 Å². The quantitative estimate of drug-likeness (QED) is 0.296. The Morgan fingerprint density at radius 3 is 2.31 bits per heavy atom. The maximum absolute atomic E-state index is 12.8. The topological polar surface area (TPSA) is 63.9 Å². The van der Waals surface area contributed by atoms with E-state index in [1.807, 2.05) is 79.4 Å². The Labute approximate surface area is 206 Å². The lowest BCUT2D eigenvalue weighted by atomic mass is 10.0. The summed E-state index contributed by atoms with van der Waals surface area (Å²) in [6, 6.07) is 19.5. The van der Waals surface area contributed by atoms with Gasteiger partial charge in [0.25, 0.3) is 0 Å². The molecule has 0 atom stereocenters. The third-order valence-corrected chi connectivity index (χ3v) is 6.38. The molecule has 2 aromatic heterocycles. The van der Waals surface area contributed by atoms with Gasteiger partial charge in [0.15, 0.2) is 5.78 Å². The number of nitrogens with zero attached hydrogens (tertiary/aromatic N) is 3. The molecular weight excluding hydrogens is 438 g/mol. The zero-order valence-corrected chi connectivity index (χ0v) is 20.7. The first-order valence-electron chi connectivity index (χ1n) is 12.0. The SMILES string of the molecule is CCN(CC)C(=O)CCc1c(-c2cccc(OC)c2)nc2ccc(-c3ccc(C(C)=O)cc3)cn12. The van der Waals surface area contributed by atoms with Crippen LogP contribution in [0.2, 0.25) is 0 Å². The van der Waals surface area contributed by atoms with E-state index in [9.17, 15) is 9.59 Å². The monoisotopic (exact) mass is 469 g/mol. The molecule has 180 valence electrons. The Balaban J connectivity index is 1.79. The molecule has 0 aliphatic carbocycles. The predicted molar refractivity (Wildman–Crippen MR) is 139 cm³/mol. The van der Waals surface area contributed by atoms with Crippen LogP contribution in [0, 0.1) is 0 Å². The summed E-state index contributed by atoms with van der Waals surface area (Å²) in [7, 11) is 1.65. The highest BCUT2D eigenvalue weighted by Gasteiger charge is 2.18. The molecule has 0 bridgehead atoms. The highest BCUT2D eigenvalue weighted by molar-refractivity contribution is 5.94. The molecule has 0 aliphatic rings. The van der Waals surface area contributed by atoms with Crippen LogP contribution >= 0.6 is 0 Å². The molecule has 2 aromatic carbocycles. The van der Waals surface area contributed by atoms with Gasteiger partial charge in [0.1, 0.15) is 11.4 Å². The number of ether oxygens (including phenoxy) is 1. The molecule has 4 aromatic rings. The minimum Gasteiger partial charge on any atom is -0.497 e. The second-order valence-electron chi connectivity index (χ2n) is 8.48. The van der Waals surface area contributed by atoms with Crippen molar-refractivity contribution in [3.05, 3.63) is 78.1 Å². The summed E-state index contributed by atoms with van der Waals surface area (Å²) in [5.74, 6) is 0.943. The fourth-order valence-electron chi connectivity index (χ4n) is 4.36. The molecular formula is C29H31N3O3. The number of Topliss-reactive ketones (excluding diaryl/α,β-unsaturated/α-hetero) is 1. The van der Waals surface area contributed by atoms with Crippen molar-refractivity contribution in [3.63, 3.8) is 0 Å². The van der Waals surface area contributed by atoms with E-state index >= 15 is 0 Å². The fourth-order valence-corrected chi connectivity index (χ4v) is 4.36. The van der Waals surface area contributed by atoms with Crippen molar-refractivity contribution in [1.29, 1.82) is 0 Å². The molecule has 35 heavy (non-hydrogen) atoms. The number of amides is 1. The van der Waals surface area contributed by atoms with Crippen molar-refractivity contribution in [2.45, 2.75) is 33.6 Å². The third-order valence-electron chi connectivity index (χ3n) is 6.38. The van der Waals surface area contributed by atoms with Crippen molar-refractivity contribution in [2.24, 2.45) is 0 Å². The van der Waals surface area contributed by atoms with Crippen LogP contribution in [0.15, 0.2) is 66.9 Å². The zero-order chi connectivity index (χ0) is 24.9. The van der Waals surface area contributed by atoms with Crippen molar-refractivity contribution >= 4 is 17.3 Å².